The first-order chi connectivity index (χ1) is 12.7. The fraction of sp³-hybridized carbons (Fsp3) is 0.381. The predicted octanol–water partition coefficient (Wildman–Crippen LogP) is 3.62. The van der Waals surface area contributed by atoms with E-state index in [1.54, 1.807) is 23.1 Å². The van der Waals surface area contributed by atoms with Crippen LogP contribution in [0.3, 0.4) is 0 Å². The molecule has 3 rings (SSSR count). The van der Waals surface area contributed by atoms with Gasteiger partial charge in [0.1, 0.15) is 11.6 Å². The second-order valence-corrected chi connectivity index (χ2v) is 6.51. The highest BCUT2D eigenvalue weighted by Gasteiger charge is 2.24. The minimum atomic E-state index is -0.452. The van der Waals surface area contributed by atoms with Gasteiger partial charge in [-0.3, -0.25) is 4.79 Å². The number of hydrogen-bond donors (Lipinski definition) is 1. The van der Waals surface area contributed by atoms with Crippen molar-refractivity contribution in [1.82, 2.24) is 10.2 Å². The fourth-order valence-corrected chi connectivity index (χ4v) is 3.27. The fourth-order valence-electron chi connectivity index (χ4n) is 3.27. The molecule has 1 heterocycles. The molecule has 0 radical (unpaired) electrons. The molecule has 0 saturated carbocycles. The van der Waals surface area contributed by atoms with Gasteiger partial charge in [0.25, 0.3) is 5.91 Å². The molecule has 0 bridgehead atoms. The van der Waals surface area contributed by atoms with Gasteiger partial charge in [-0.05, 0) is 49.6 Å². The molecule has 1 saturated heterocycles. The van der Waals surface area contributed by atoms with Crippen LogP contribution in [0, 0.1) is 5.82 Å². The van der Waals surface area contributed by atoms with E-state index in [2.05, 4.69) is 11.4 Å². The Hall–Kier alpha value is -2.40. The zero-order chi connectivity index (χ0) is 18.4. The molecule has 2 aromatic rings. The number of piperidine rings is 1. The van der Waals surface area contributed by atoms with Crippen molar-refractivity contribution in [3.63, 3.8) is 0 Å². The molecular weight excluding hydrogens is 331 g/mol. The Morgan fingerprint density at radius 3 is 2.69 bits per heavy atom. The number of rotatable bonds is 6. The van der Waals surface area contributed by atoms with Crippen molar-refractivity contribution in [2.24, 2.45) is 0 Å². The van der Waals surface area contributed by atoms with E-state index in [1.807, 2.05) is 25.1 Å². The third kappa shape index (κ3) is 4.61. The highest BCUT2D eigenvalue weighted by atomic mass is 19.1. The van der Waals surface area contributed by atoms with Gasteiger partial charge >= 0.3 is 0 Å². The van der Waals surface area contributed by atoms with Gasteiger partial charge in [-0.2, -0.15) is 0 Å². The molecule has 1 amide bonds. The Morgan fingerprint density at radius 1 is 1.19 bits per heavy atom. The molecule has 0 unspecified atom stereocenters. The van der Waals surface area contributed by atoms with Gasteiger partial charge in [0, 0.05) is 25.7 Å². The van der Waals surface area contributed by atoms with Crippen LogP contribution in [-0.2, 0) is 6.54 Å². The average molecular weight is 356 g/mol. The third-order valence-electron chi connectivity index (χ3n) is 4.69. The number of amides is 1. The molecule has 0 atom stereocenters. The molecule has 26 heavy (non-hydrogen) atoms. The first kappa shape index (κ1) is 18.4. The van der Waals surface area contributed by atoms with Gasteiger partial charge in [0.2, 0.25) is 0 Å². The van der Waals surface area contributed by atoms with E-state index >= 15 is 0 Å². The van der Waals surface area contributed by atoms with Crippen molar-refractivity contribution in [3.8, 4) is 5.75 Å². The number of likely N-dealkylation sites (tertiary alicyclic amines) is 1. The Labute approximate surface area is 154 Å². The molecule has 1 N–H and O–H groups in total. The van der Waals surface area contributed by atoms with E-state index in [0.717, 1.165) is 25.1 Å². The summed E-state index contributed by atoms with van der Waals surface area (Å²) in [6.45, 7) is 4.69. The lowest BCUT2D eigenvalue weighted by Gasteiger charge is -2.32. The van der Waals surface area contributed by atoms with E-state index in [4.69, 9.17) is 4.74 Å². The van der Waals surface area contributed by atoms with E-state index < -0.39 is 5.82 Å². The second kappa shape index (κ2) is 8.81. The lowest BCUT2D eigenvalue weighted by molar-refractivity contribution is 0.0700. The number of hydrogen-bond acceptors (Lipinski definition) is 3. The summed E-state index contributed by atoms with van der Waals surface area (Å²) in [5.41, 5.74) is 1.34. The summed E-state index contributed by atoms with van der Waals surface area (Å²) < 4.78 is 19.3. The number of benzene rings is 2. The van der Waals surface area contributed by atoms with Crippen LogP contribution in [0.2, 0.25) is 0 Å². The van der Waals surface area contributed by atoms with Crippen LogP contribution in [0.15, 0.2) is 48.5 Å². The number of halogens is 1. The molecule has 0 aromatic heterocycles. The summed E-state index contributed by atoms with van der Waals surface area (Å²) in [6.07, 6.45) is 1.73. The van der Waals surface area contributed by atoms with Crippen LogP contribution >= 0.6 is 0 Å². The maximum Gasteiger partial charge on any atom is 0.256 e. The zero-order valence-electron chi connectivity index (χ0n) is 15.1. The zero-order valence-corrected chi connectivity index (χ0v) is 15.1. The van der Waals surface area contributed by atoms with E-state index in [1.165, 1.54) is 11.6 Å². The number of ether oxygens (including phenoxy) is 1. The maximum atomic E-state index is 13.8. The number of nitrogens with zero attached hydrogens (tertiary/aromatic N) is 1. The monoisotopic (exact) mass is 356 g/mol. The Balaban J connectivity index is 1.49. The average Bonchev–Trinajstić information content (AvgIpc) is 2.67. The SMILES string of the molecule is CCOc1cccc(CNC2CCN(C(=O)c3ccccc3F)CC2)c1. The summed E-state index contributed by atoms with van der Waals surface area (Å²) in [5, 5.41) is 3.55. The molecule has 2 aromatic carbocycles. The van der Waals surface area contributed by atoms with Crippen molar-refractivity contribution in [2.75, 3.05) is 19.7 Å². The molecule has 1 aliphatic rings. The van der Waals surface area contributed by atoms with Crippen molar-refractivity contribution >= 4 is 5.91 Å². The molecule has 1 fully saturated rings. The molecule has 0 aliphatic carbocycles. The molecular formula is C21H25FN2O2. The van der Waals surface area contributed by atoms with Crippen LogP contribution in [-0.4, -0.2) is 36.5 Å². The molecule has 1 aliphatic heterocycles. The lowest BCUT2D eigenvalue weighted by atomic mass is 10.0. The standard InChI is InChI=1S/C21H25FN2O2/c1-2-26-18-7-5-6-16(14-18)15-23-17-10-12-24(13-11-17)21(25)19-8-3-4-9-20(19)22/h3-9,14,17,23H,2,10-13,15H2,1H3. The number of carbonyl (C=O) groups is 1. The Morgan fingerprint density at radius 2 is 1.96 bits per heavy atom. The molecule has 5 heteroatoms. The van der Waals surface area contributed by atoms with Gasteiger partial charge in [0.15, 0.2) is 0 Å². The number of nitrogens with one attached hydrogen (secondary N) is 1. The van der Waals surface area contributed by atoms with Crippen LogP contribution in [0.4, 0.5) is 4.39 Å². The van der Waals surface area contributed by atoms with E-state index in [-0.39, 0.29) is 11.5 Å². The van der Waals surface area contributed by atoms with Crippen molar-refractivity contribution in [1.29, 1.82) is 0 Å². The van der Waals surface area contributed by atoms with Gasteiger partial charge in [-0.25, -0.2) is 4.39 Å². The minimum absolute atomic E-state index is 0.159. The summed E-state index contributed by atoms with van der Waals surface area (Å²) in [4.78, 5) is 14.2. The van der Waals surface area contributed by atoms with Crippen molar-refractivity contribution in [2.45, 2.75) is 32.4 Å². The number of carbonyl (C=O) groups excluding carboxylic acids is 1. The summed E-state index contributed by atoms with van der Waals surface area (Å²) in [6, 6.07) is 14.6. The van der Waals surface area contributed by atoms with Gasteiger partial charge in [-0.1, -0.05) is 24.3 Å². The maximum absolute atomic E-state index is 13.8. The first-order valence-electron chi connectivity index (χ1n) is 9.16. The Kier molecular flexibility index (Phi) is 6.23. The van der Waals surface area contributed by atoms with Crippen LogP contribution < -0.4 is 10.1 Å². The van der Waals surface area contributed by atoms with E-state index in [9.17, 15) is 9.18 Å². The van der Waals surface area contributed by atoms with Crippen molar-refractivity contribution in [3.05, 3.63) is 65.5 Å². The second-order valence-electron chi connectivity index (χ2n) is 6.51. The van der Waals surface area contributed by atoms with Gasteiger partial charge in [0.05, 0.1) is 12.2 Å². The highest BCUT2D eigenvalue weighted by Crippen LogP contribution is 2.17. The van der Waals surface area contributed by atoms with Gasteiger partial charge in [-0.15, -0.1) is 0 Å². The van der Waals surface area contributed by atoms with Crippen molar-refractivity contribution < 1.29 is 13.9 Å². The van der Waals surface area contributed by atoms with Crippen LogP contribution in [0.5, 0.6) is 5.75 Å². The van der Waals surface area contributed by atoms with Crippen LogP contribution in [0.1, 0.15) is 35.7 Å². The minimum Gasteiger partial charge on any atom is -0.494 e. The Bertz CT molecular complexity index is 742. The predicted molar refractivity (Wildman–Crippen MR) is 99.8 cm³/mol. The summed E-state index contributed by atoms with van der Waals surface area (Å²) in [5.74, 6) is 0.218. The summed E-state index contributed by atoms with van der Waals surface area (Å²) in [7, 11) is 0. The molecule has 4 nitrogen and oxygen atoms in total. The molecule has 0 spiro atoms. The smallest absolute Gasteiger partial charge is 0.256 e. The topological polar surface area (TPSA) is 41.6 Å². The molecule has 138 valence electrons. The lowest BCUT2D eigenvalue weighted by Crippen LogP contribution is -2.44. The third-order valence-corrected chi connectivity index (χ3v) is 4.69. The summed E-state index contributed by atoms with van der Waals surface area (Å²) >= 11 is 0. The van der Waals surface area contributed by atoms with Gasteiger partial charge < -0.3 is 15.0 Å². The van der Waals surface area contributed by atoms with E-state index in [0.29, 0.717) is 25.7 Å². The van der Waals surface area contributed by atoms with Crippen LogP contribution in [0.25, 0.3) is 0 Å². The largest absolute Gasteiger partial charge is 0.494 e. The normalized spacial score (nSPS) is 15.1. The highest BCUT2D eigenvalue weighted by molar-refractivity contribution is 5.94. The first-order valence-corrected chi connectivity index (χ1v) is 9.16. The quantitative estimate of drug-likeness (QED) is 0.860.